The van der Waals surface area contributed by atoms with Crippen LogP contribution in [0.15, 0.2) is 41.8 Å². The summed E-state index contributed by atoms with van der Waals surface area (Å²) < 4.78 is 0. The van der Waals surface area contributed by atoms with Crippen molar-refractivity contribution < 1.29 is 0 Å². The lowest BCUT2D eigenvalue weighted by molar-refractivity contribution is 0.677. The maximum absolute atomic E-state index is 4.52. The van der Waals surface area contributed by atoms with Gasteiger partial charge in [-0.3, -0.25) is 0 Å². The first-order chi connectivity index (χ1) is 8.42. The van der Waals surface area contributed by atoms with Crippen molar-refractivity contribution in [3.8, 4) is 0 Å². The zero-order chi connectivity index (χ0) is 11.5. The highest BCUT2D eigenvalue weighted by molar-refractivity contribution is 7.09. The first kappa shape index (κ1) is 10.5. The summed E-state index contributed by atoms with van der Waals surface area (Å²) in [6.07, 6.45) is 0. The number of rotatable bonds is 4. The van der Waals surface area contributed by atoms with Crippen LogP contribution in [0.4, 0.5) is 0 Å². The first-order valence-electron chi connectivity index (χ1n) is 5.58. The Morgan fingerprint density at radius 2 is 2.06 bits per heavy atom. The molecule has 0 radical (unpaired) electrons. The van der Waals surface area contributed by atoms with Crippen molar-refractivity contribution >= 4 is 22.4 Å². The average molecular weight is 243 g/mol. The molecule has 3 rings (SSSR count). The Labute approximate surface area is 104 Å². The van der Waals surface area contributed by atoms with Crippen LogP contribution in [0.5, 0.6) is 0 Å². The fraction of sp³-hybridized carbons (Fsp3) is 0.154. The molecule has 0 saturated heterocycles. The van der Waals surface area contributed by atoms with E-state index in [-0.39, 0.29) is 0 Å². The summed E-state index contributed by atoms with van der Waals surface area (Å²) in [5.41, 5.74) is 2.13. The second-order valence-corrected chi connectivity index (χ2v) is 4.92. The number of fused-ring (bicyclic) bond motifs is 1. The van der Waals surface area contributed by atoms with Crippen LogP contribution in [0, 0.1) is 0 Å². The van der Waals surface area contributed by atoms with E-state index in [1.807, 2.05) is 24.3 Å². The number of thiophene rings is 1. The minimum atomic E-state index is 0.770. The number of hydrogen-bond acceptors (Lipinski definition) is 3. The molecule has 0 saturated carbocycles. The van der Waals surface area contributed by atoms with E-state index in [2.05, 4.69) is 32.8 Å². The molecule has 0 atom stereocenters. The largest absolute Gasteiger partial charge is 0.341 e. The molecule has 0 unspecified atom stereocenters. The Morgan fingerprint density at radius 1 is 1.12 bits per heavy atom. The molecule has 2 heterocycles. The summed E-state index contributed by atoms with van der Waals surface area (Å²) in [6, 6.07) is 12.3. The molecule has 1 aromatic carbocycles. The zero-order valence-electron chi connectivity index (χ0n) is 9.31. The predicted molar refractivity (Wildman–Crippen MR) is 71.0 cm³/mol. The van der Waals surface area contributed by atoms with Gasteiger partial charge in [-0.05, 0) is 23.6 Å². The Morgan fingerprint density at radius 3 is 2.88 bits per heavy atom. The number of hydrogen-bond donors (Lipinski definition) is 2. The Hall–Kier alpha value is -1.65. The number of aromatic nitrogens is 2. The van der Waals surface area contributed by atoms with Crippen LogP contribution in [0.2, 0.25) is 0 Å². The van der Waals surface area contributed by atoms with Crippen molar-refractivity contribution in [2.24, 2.45) is 0 Å². The first-order valence-corrected chi connectivity index (χ1v) is 6.46. The van der Waals surface area contributed by atoms with E-state index in [1.54, 1.807) is 11.3 Å². The monoisotopic (exact) mass is 243 g/mol. The van der Waals surface area contributed by atoms with Crippen molar-refractivity contribution in [2.45, 2.75) is 13.1 Å². The topological polar surface area (TPSA) is 40.7 Å². The van der Waals surface area contributed by atoms with E-state index in [1.165, 1.54) is 4.88 Å². The van der Waals surface area contributed by atoms with Gasteiger partial charge in [0.25, 0.3) is 0 Å². The van der Waals surface area contributed by atoms with E-state index in [4.69, 9.17) is 0 Å². The molecule has 2 N–H and O–H groups in total. The molecule has 3 aromatic rings. The minimum Gasteiger partial charge on any atom is -0.341 e. The van der Waals surface area contributed by atoms with Gasteiger partial charge >= 0.3 is 0 Å². The maximum atomic E-state index is 4.52. The van der Waals surface area contributed by atoms with Crippen LogP contribution in [0.3, 0.4) is 0 Å². The molecule has 2 aromatic heterocycles. The van der Waals surface area contributed by atoms with Crippen LogP contribution in [0.1, 0.15) is 10.7 Å². The number of para-hydroxylation sites is 2. The van der Waals surface area contributed by atoms with Gasteiger partial charge in [0.2, 0.25) is 0 Å². The standard InChI is InChI=1S/C13H13N3S/c1-2-6-12-11(5-1)15-13(16-12)9-14-8-10-4-3-7-17-10/h1-7,14H,8-9H2,(H,15,16). The number of benzene rings is 1. The van der Waals surface area contributed by atoms with Gasteiger partial charge in [-0.25, -0.2) is 4.98 Å². The lowest BCUT2D eigenvalue weighted by atomic mass is 10.3. The smallest absolute Gasteiger partial charge is 0.121 e. The average Bonchev–Trinajstić information content (AvgIpc) is 2.96. The second kappa shape index (κ2) is 4.69. The molecule has 0 aliphatic rings. The fourth-order valence-corrected chi connectivity index (χ4v) is 2.48. The van der Waals surface area contributed by atoms with Gasteiger partial charge in [-0.2, -0.15) is 0 Å². The fourth-order valence-electron chi connectivity index (χ4n) is 1.81. The van der Waals surface area contributed by atoms with Gasteiger partial charge in [0.05, 0.1) is 17.6 Å². The lowest BCUT2D eigenvalue weighted by Gasteiger charge is -1.99. The van der Waals surface area contributed by atoms with Crippen molar-refractivity contribution in [3.05, 3.63) is 52.5 Å². The van der Waals surface area contributed by atoms with Crippen LogP contribution in [-0.2, 0) is 13.1 Å². The maximum Gasteiger partial charge on any atom is 0.121 e. The third kappa shape index (κ3) is 2.38. The molecule has 0 aliphatic carbocycles. The quantitative estimate of drug-likeness (QED) is 0.739. The molecule has 3 nitrogen and oxygen atoms in total. The summed E-state index contributed by atoms with van der Waals surface area (Å²) in [6.45, 7) is 1.67. The van der Waals surface area contributed by atoms with Crippen LogP contribution in [-0.4, -0.2) is 9.97 Å². The zero-order valence-corrected chi connectivity index (χ0v) is 10.1. The van der Waals surface area contributed by atoms with Gasteiger partial charge in [-0.1, -0.05) is 18.2 Å². The third-order valence-corrected chi connectivity index (χ3v) is 3.49. The van der Waals surface area contributed by atoms with Crippen LogP contribution >= 0.6 is 11.3 Å². The Balaban J connectivity index is 1.65. The highest BCUT2D eigenvalue weighted by Crippen LogP contribution is 2.11. The van der Waals surface area contributed by atoms with Gasteiger partial charge in [0.15, 0.2) is 0 Å². The number of H-pyrrole nitrogens is 1. The molecule has 4 heteroatoms. The van der Waals surface area contributed by atoms with E-state index in [0.717, 1.165) is 29.9 Å². The molecule has 0 spiro atoms. The van der Waals surface area contributed by atoms with Crippen LogP contribution in [0.25, 0.3) is 11.0 Å². The van der Waals surface area contributed by atoms with E-state index in [9.17, 15) is 0 Å². The molecular formula is C13H13N3S. The van der Waals surface area contributed by atoms with Crippen molar-refractivity contribution in [3.63, 3.8) is 0 Å². The molecule has 0 bridgehead atoms. The van der Waals surface area contributed by atoms with Crippen molar-refractivity contribution in [2.75, 3.05) is 0 Å². The molecule has 86 valence electrons. The van der Waals surface area contributed by atoms with Crippen molar-refractivity contribution in [1.82, 2.24) is 15.3 Å². The normalized spacial score (nSPS) is 11.1. The molecular weight excluding hydrogens is 230 g/mol. The number of nitrogens with zero attached hydrogens (tertiary/aromatic N) is 1. The van der Waals surface area contributed by atoms with E-state index < -0.39 is 0 Å². The highest BCUT2D eigenvalue weighted by atomic mass is 32.1. The van der Waals surface area contributed by atoms with E-state index in [0.29, 0.717) is 0 Å². The SMILES string of the molecule is c1csc(CNCc2nc3ccccc3[nH]2)c1. The van der Waals surface area contributed by atoms with Crippen molar-refractivity contribution in [1.29, 1.82) is 0 Å². The van der Waals surface area contributed by atoms with Gasteiger partial charge < -0.3 is 10.3 Å². The highest BCUT2D eigenvalue weighted by Gasteiger charge is 2.01. The summed E-state index contributed by atoms with van der Waals surface area (Å²) >= 11 is 1.77. The second-order valence-electron chi connectivity index (χ2n) is 3.88. The summed E-state index contributed by atoms with van der Waals surface area (Å²) in [5, 5.41) is 5.48. The van der Waals surface area contributed by atoms with E-state index >= 15 is 0 Å². The number of nitrogens with one attached hydrogen (secondary N) is 2. The van der Waals surface area contributed by atoms with Gasteiger partial charge in [0, 0.05) is 11.4 Å². The molecule has 0 amide bonds. The summed E-state index contributed by atoms with van der Waals surface area (Å²) in [7, 11) is 0. The van der Waals surface area contributed by atoms with Crippen LogP contribution < -0.4 is 5.32 Å². The number of aromatic amines is 1. The summed E-state index contributed by atoms with van der Waals surface area (Å²) in [5.74, 6) is 0.989. The summed E-state index contributed by atoms with van der Waals surface area (Å²) in [4.78, 5) is 9.17. The molecule has 0 fully saturated rings. The third-order valence-electron chi connectivity index (χ3n) is 2.61. The predicted octanol–water partition coefficient (Wildman–Crippen LogP) is 2.91. The molecule has 0 aliphatic heterocycles. The Kier molecular flexibility index (Phi) is 2.90. The van der Waals surface area contributed by atoms with Gasteiger partial charge in [0.1, 0.15) is 5.82 Å². The number of imidazole rings is 1. The lowest BCUT2D eigenvalue weighted by Crippen LogP contribution is -2.12. The minimum absolute atomic E-state index is 0.770. The Bertz CT molecular complexity index is 565. The molecule has 17 heavy (non-hydrogen) atoms. The van der Waals surface area contributed by atoms with Gasteiger partial charge in [-0.15, -0.1) is 11.3 Å².